The lowest BCUT2D eigenvalue weighted by atomic mass is 10.1. The molecule has 23 heavy (non-hydrogen) atoms. The van der Waals surface area contributed by atoms with Gasteiger partial charge in [0, 0.05) is 13.1 Å². The first-order valence-corrected chi connectivity index (χ1v) is 7.73. The van der Waals surface area contributed by atoms with Crippen molar-refractivity contribution < 1.29 is 22.7 Å². The van der Waals surface area contributed by atoms with Crippen LogP contribution in [0.1, 0.15) is 37.7 Å². The minimum absolute atomic E-state index is 0.0987. The summed E-state index contributed by atoms with van der Waals surface area (Å²) in [5.74, 6) is 0.0987. The van der Waals surface area contributed by atoms with Crippen LogP contribution in [0.4, 0.5) is 23.7 Å². The molecule has 0 radical (unpaired) electrons. The van der Waals surface area contributed by atoms with Crippen molar-refractivity contribution in [1.82, 2.24) is 4.90 Å². The molecule has 1 N–H and O–H groups in total. The third-order valence-corrected chi connectivity index (χ3v) is 3.92. The maximum absolute atomic E-state index is 13.2. The van der Waals surface area contributed by atoms with Gasteiger partial charge in [-0.15, -0.1) is 0 Å². The molecule has 0 atom stereocenters. The van der Waals surface area contributed by atoms with Crippen LogP contribution in [-0.2, 0) is 6.18 Å². The average Bonchev–Trinajstić information content (AvgIpc) is 2.46. The van der Waals surface area contributed by atoms with E-state index in [4.69, 9.17) is 4.74 Å². The van der Waals surface area contributed by atoms with Gasteiger partial charge in [0.15, 0.2) is 0 Å². The first-order chi connectivity index (χ1) is 10.9. The Hall–Kier alpha value is -1.92. The highest BCUT2D eigenvalue weighted by atomic mass is 19.4. The standard InChI is InChI=1S/C16H21F3N2O2/c1-23-12-7-8-14(13(11-12)16(17,18)19)20-15(22)21-9-5-3-2-4-6-10-21/h7-8,11H,2-6,9-10H2,1H3,(H,20,22). The summed E-state index contributed by atoms with van der Waals surface area (Å²) >= 11 is 0. The van der Waals surface area contributed by atoms with Gasteiger partial charge in [0.05, 0.1) is 18.4 Å². The van der Waals surface area contributed by atoms with Gasteiger partial charge in [0.1, 0.15) is 5.75 Å². The molecule has 2 rings (SSSR count). The lowest BCUT2D eigenvalue weighted by Crippen LogP contribution is -2.37. The van der Waals surface area contributed by atoms with Gasteiger partial charge in [0.2, 0.25) is 0 Å². The van der Waals surface area contributed by atoms with E-state index in [0.29, 0.717) is 13.1 Å². The highest BCUT2D eigenvalue weighted by Crippen LogP contribution is 2.37. The number of amides is 2. The molecule has 7 heteroatoms. The first kappa shape index (κ1) is 17.4. The van der Waals surface area contributed by atoms with Gasteiger partial charge in [0.25, 0.3) is 0 Å². The Morgan fingerprint density at radius 1 is 1.13 bits per heavy atom. The van der Waals surface area contributed by atoms with Crippen LogP contribution in [0.5, 0.6) is 5.75 Å². The summed E-state index contributed by atoms with van der Waals surface area (Å²) in [4.78, 5) is 13.9. The maximum atomic E-state index is 13.2. The molecule has 1 aromatic rings. The lowest BCUT2D eigenvalue weighted by molar-refractivity contribution is -0.137. The van der Waals surface area contributed by atoms with Crippen LogP contribution in [0.15, 0.2) is 18.2 Å². The monoisotopic (exact) mass is 330 g/mol. The zero-order valence-electron chi connectivity index (χ0n) is 13.1. The first-order valence-electron chi connectivity index (χ1n) is 7.73. The van der Waals surface area contributed by atoms with Crippen molar-refractivity contribution in [3.05, 3.63) is 23.8 Å². The van der Waals surface area contributed by atoms with Crippen LogP contribution >= 0.6 is 0 Å². The Morgan fingerprint density at radius 2 is 1.74 bits per heavy atom. The van der Waals surface area contributed by atoms with E-state index in [9.17, 15) is 18.0 Å². The van der Waals surface area contributed by atoms with Crippen LogP contribution in [0, 0.1) is 0 Å². The number of halogens is 3. The zero-order chi connectivity index (χ0) is 16.9. The molecule has 1 fully saturated rings. The number of anilines is 1. The second kappa shape index (κ2) is 7.57. The molecule has 128 valence electrons. The number of carbonyl (C=O) groups excluding carboxylic acids is 1. The number of hydrogen-bond donors (Lipinski definition) is 1. The second-order valence-corrected chi connectivity index (χ2v) is 5.59. The lowest BCUT2D eigenvalue weighted by Gasteiger charge is -2.26. The number of rotatable bonds is 2. The molecule has 1 saturated heterocycles. The van der Waals surface area contributed by atoms with Gasteiger partial charge >= 0.3 is 12.2 Å². The van der Waals surface area contributed by atoms with Crippen LogP contribution in [0.2, 0.25) is 0 Å². The number of ether oxygens (including phenoxy) is 1. The topological polar surface area (TPSA) is 41.6 Å². The van der Waals surface area contributed by atoms with E-state index in [0.717, 1.165) is 38.2 Å². The van der Waals surface area contributed by atoms with Gasteiger partial charge in [-0.3, -0.25) is 0 Å². The summed E-state index contributed by atoms with van der Waals surface area (Å²) < 4.78 is 44.3. The summed E-state index contributed by atoms with van der Waals surface area (Å²) in [6.07, 6.45) is 0.421. The molecule has 1 aliphatic rings. The normalized spacial score (nSPS) is 16.4. The zero-order valence-corrected chi connectivity index (χ0v) is 13.1. The van der Waals surface area contributed by atoms with E-state index >= 15 is 0 Å². The van der Waals surface area contributed by atoms with E-state index in [1.54, 1.807) is 4.90 Å². The number of nitrogens with one attached hydrogen (secondary N) is 1. The molecule has 0 aromatic heterocycles. The predicted octanol–water partition coefficient (Wildman–Crippen LogP) is 4.51. The SMILES string of the molecule is COc1ccc(NC(=O)N2CCCCCCC2)c(C(F)(F)F)c1. The van der Waals surface area contributed by atoms with Crippen LogP contribution in [-0.4, -0.2) is 31.1 Å². The van der Waals surface area contributed by atoms with Crippen molar-refractivity contribution in [3.8, 4) is 5.75 Å². The molecular formula is C16H21F3N2O2. The van der Waals surface area contributed by atoms with E-state index < -0.39 is 17.8 Å². The maximum Gasteiger partial charge on any atom is 0.418 e. The third kappa shape index (κ3) is 4.77. The molecule has 0 unspecified atom stereocenters. The van der Waals surface area contributed by atoms with E-state index in [1.165, 1.54) is 19.2 Å². The Balaban J connectivity index is 2.16. The molecule has 0 spiro atoms. The molecule has 4 nitrogen and oxygen atoms in total. The van der Waals surface area contributed by atoms with Gasteiger partial charge in [-0.2, -0.15) is 13.2 Å². The van der Waals surface area contributed by atoms with Crippen LogP contribution in [0.3, 0.4) is 0 Å². The second-order valence-electron chi connectivity index (χ2n) is 5.59. The predicted molar refractivity (Wildman–Crippen MR) is 81.7 cm³/mol. The van der Waals surface area contributed by atoms with E-state index in [-0.39, 0.29) is 11.4 Å². The molecule has 1 aromatic carbocycles. The van der Waals surface area contributed by atoms with E-state index in [2.05, 4.69) is 5.32 Å². The van der Waals surface area contributed by atoms with Gasteiger partial charge in [-0.05, 0) is 31.0 Å². The summed E-state index contributed by atoms with van der Waals surface area (Å²) in [7, 11) is 1.30. The van der Waals surface area contributed by atoms with Gasteiger partial charge < -0.3 is 15.0 Å². The number of benzene rings is 1. The van der Waals surface area contributed by atoms with Crippen molar-refractivity contribution in [2.24, 2.45) is 0 Å². The minimum Gasteiger partial charge on any atom is -0.497 e. The average molecular weight is 330 g/mol. The molecule has 0 bridgehead atoms. The van der Waals surface area contributed by atoms with Crippen molar-refractivity contribution in [1.29, 1.82) is 0 Å². The Kier molecular flexibility index (Phi) is 5.74. The summed E-state index contributed by atoms with van der Waals surface area (Å²) in [5.41, 5.74) is -1.15. The number of likely N-dealkylation sites (tertiary alicyclic amines) is 1. The number of urea groups is 1. The fourth-order valence-corrected chi connectivity index (χ4v) is 2.64. The fraction of sp³-hybridized carbons (Fsp3) is 0.562. The molecule has 0 saturated carbocycles. The number of methoxy groups -OCH3 is 1. The highest BCUT2D eigenvalue weighted by molar-refractivity contribution is 5.90. The highest BCUT2D eigenvalue weighted by Gasteiger charge is 2.34. The smallest absolute Gasteiger partial charge is 0.418 e. The summed E-state index contributed by atoms with van der Waals surface area (Å²) in [6, 6.07) is 3.04. The Morgan fingerprint density at radius 3 is 2.30 bits per heavy atom. The van der Waals surface area contributed by atoms with Crippen molar-refractivity contribution in [3.63, 3.8) is 0 Å². The van der Waals surface area contributed by atoms with Crippen molar-refractivity contribution in [2.75, 3.05) is 25.5 Å². The Labute approximate surface area is 133 Å². The molecule has 1 aliphatic heterocycles. The number of nitrogens with zero attached hydrogens (tertiary/aromatic N) is 1. The number of alkyl halides is 3. The molecular weight excluding hydrogens is 309 g/mol. The van der Waals surface area contributed by atoms with Crippen LogP contribution < -0.4 is 10.1 Å². The number of carbonyl (C=O) groups is 1. The van der Waals surface area contributed by atoms with Crippen LogP contribution in [0.25, 0.3) is 0 Å². The van der Waals surface area contributed by atoms with Gasteiger partial charge in [-0.25, -0.2) is 4.79 Å². The van der Waals surface area contributed by atoms with E-state index in [1.807, 2.05) is 0 Å². The largest absolute Gasteiger partial charge is 0.497 e. The summed E-state index contributed by atoms with van der Waals surface area (Å²) in [6.45, 7) is 1.15. The fourth-order valence-electron chi connectivity index (χ4n) is 2.64. The van der Waals surface area contributed by atoms with Crippen molar-refractivity contribution in [2.45, 2.75) is 38.3 Å². The van der Waals surface area contributed by atoms with Crippen molar-refractivity contribution >= 4 is 11.7 Å². The summed E-state index contributed by atoms with van der Waals surface area (Å²) in [5, 5.41) is 2.40. The number of hydrogen-bond acceptors (Lipinski definition) is 2. The minimum atomic E-state index is -4.56. The quantitative estimate of drug-likeness (QED) is 0.867. The van der Waals surface area contributed by atoms with Gasteiger partial charge in [-0.1, -0.05) is 19.3 Å². The molecule has 1 heterocycles. The molecule has 2 amide bonds. The third-order valence-electron chi connectivity index (χ3n) is 3.92. The molecule has 0 aliphatic carbocycles. The Bertz CT molecular complexity index is 539.